The summed E-state index contributed by atoms with van der Waals surface area (Å²) in [4.78, 5) is 11.6. The summed E-state index contributed by atoms with van der Waals surface area (Å²) in [5.41, 5.74) is 0. The highest BCUT2D eigenvalue weighted by Gasteiger charge is 2.10. The van der Waals surface area contributed by atoms with E-state index in [9.17, 15) is 4.79 Å². The van der Waals surface area contributed by atoms with Gasteiger partial charge in [0.2, 0.25) is 5.91 Å². The van der Waals surface area contributed by atoms with Gasteiger partial charge in [-0.1, -0.05) is 17.8 Å². The summed E-state index contributed by atoms with van der Waals surface area (Å²) < 4.78 is 6.84. The maximum absolute atomic E-state index is 11.6. The average Bonchev–Trinajstić information content (AvgIpc) is 2.74. The van der Waals surface area contributed by atoms with E-state index >= 15 is 0 Å². The van der Waals surface area contributed by atoms with Crippen LogP contribution < -0.4 is 5.32 Å². The zero-order chi connectivity index (χ0) is 14.1. The summed E-state index contributed by atoms with van der Waals surface area (Å²) in [6.45, 7) is 7.51. The summed E-state index contributed by atoms with van der Waals surface area (Å²) >= 11 is 1.38. The Morgan fingerprint density at radius 3 is 3.05 bits per heavy atom. The van der Waals surface area contributed by atoms with Crippen LogP contribution in [0.25, 0.3) is 0 Å². The number of methoxy groups -OCH3 is 1. The zero-order valence-corrected chi connectivity index (χ0v) is 12.2. The van der Waals surface area contributed by atoms with Gasteiger partial charge in [0.1, 0.15) is 5.82 Å². The van der Waals surface area contributed by atoms with Crippen molar-refractivity contribution in [1.29, 1.82) is 0 Å². The SMILES string of the molecule is C=CCn1c(C)nnc1SCC(=O)NCCCOC. The maximum Gasteiger partial charge on any atom is 0.230 e. The van der Waals surface area contributed by atoms with Crippen molar-refractivity contribution >= 4 is 17.7 Å². The Morgan fingerprint density at radius 1 is 1.58 bits per heavy atom. The van der Waals surface area contributed by atoms with Crippen molar-refractivity contribution < 1.29 is 9.53 Å². The van der Waals surface area contributed by atoms with E-state index in [-0.39, 0.29) is 5.91 Å². The molecule has 0 aliphatic rings. The third-order valence-corrected chi connectivity index (χ3v) is 3.36. The van der Waals surface area contributed by atoms with Gasteiger partial charge in [-0.3, -0.25) is 4.79 Å². The molecule has 0 saturated carbocycles. The number of hydrogen-bond acceptors (Lipinski definition) is 5. The molecule has 1 amide bonds. The Kier molecular flexibility index (Phi) is 7.20. The first kappa shape index (κ1) is 15.7. The number of amides is 1. The monoisotopic (exact) mass is 284 g/mol. The van der Waals surface area contributed by atoms with Crippen LogP contribution in [0.15, 0.2) is 17.8 Å². The number of aryl methyl sites for hydroxylation is 1. The van der Waals surface area contributed by atoms with E-state index in [4.69, 9.17) is 4.74 Å². The molecule has 0 fully saturated rings. The third-order valence-electron chi connectivity index (χ3n) is 2.39. The Labute approximate surface area is 117 Å². The number of carbonyl (C=O) groups excluding carboxylic acids is 1. The molecule has 1 aromatic rings. The lowest BCUT2D eigenvalue weighted by atomic mass is 10.4. The molecule has 1 aromatic heterocycles. The molecule has 0 radical (unpaired) electrons. The fourth-order valence-corrected chi connectivity index (χ4v) is 2.26. The van der Waals surface area contributed by atoms with E-state index in [1.807, 2.05) is 11.5 Å². The first-order chi connectivity index (χ1) is 9.19. The minimum Gasteiger partial charge on any atom is -0.385 e. The van der Waals surface area contributed by atoms with E-state index < -0.39 is 0 Å². The molecular formula is C12H20N4O2S. The van der Waals surface area contributed by atoms with E-state index in [1.54, 1.807) is 13.2 Å². The van der Waals surface area contributed by atoms with Crippen LogP contribution in [0.5, 0.6) is 0 Å². The molecule has 0 unspecified atom stereocenters. The molecule has 0 bridgehead atoms. The standard InChI is InChI=1S/C12H20N4O2S/c1-4-7-16-10(2)14-15-12(16)19-9-11(17)13-6-5-8-18-3/h4H,1,5-9H2,2-3H3,(H,13,17). The Morgan fingerprint density at radius 2 is 2.37 bits per heavy atom. The van der Waals surface area contributed by atoms with E-state index in [2.05, 4.69) is 22.1 Å². The predicted molar refractivity (Wildman–Crippen MR) is 75.2 cm³/mol. The summed E-state index contributed by atoms with van der Waals surface area (Å²) in [6.07, 6.45) is 2.60. The Balaban J connectivity index is 2.35. The van der Waals surface area contributed by atoms with Crippen LogP contribution in [0, 0.1) is 6.92 Å². The van der Waals surface area contributed by atoms with E-state index in [0.29, 0.717) is 25.4 Å². The molecular weight excluding hydrogens is 264 g/mol. The van der Waals surface area contributed by atoms with Crippen LogP contribution in [-0.4, -0.2) is 46.7 Å². The molecule has 6 nitrogen and oxygen atoms in total. The molecule has 0 aliphatic carbocycles. The fourth-order valence-electron chi connectivity index (χ4n) is 1.43. The number of allylic oxidation sites excluding steroid dienone is 1. The molecule has 0 saturated heterocycles. The molecule has 19 heavy (non-hydrogen) atoms. The van der Waals surface area contributed by atoms with Crippen molar-refractivity contribution in [2.75, 3.05) is 26.0 Å². The number of nitrogens with zero attached hydrogens (tertiary/aromatic N) is 3. The van der Waals surface area contributed by atoms with Crippen molar-refractivity contribution in [2.45, 2.75) is 25.0 Å². The van der Waals surface area contributed by atoms with Crippen molar-refractivity contribution in [3.8, 4) is 0 Å². The van der Waals surface area contributed by atoms with Crippen molar-refractivity contribution in [1.82, 2.24) is 20.1 Å². The molecule has 0 aliphatic heterocycles. The summed E-state index contributed by atoms with van der Waals surface area (Å²) in [5, 5.41) is 11.6. The van der Waals surface area contributed by atoms with Gasteiger partial charge < -0.3 is 14.6 Å². The second kappa shape index (κ2) is 8.71. The van der Waals surface area contributed by atoms with E-state index in [1.165, 1.54) is 11.8 Å². The fraction of sp³-hybridized carbons (Fsp3) is 0.583. The highest BCUT2D eigenvalue weighted by molar-refractivity contribution is 7.99. The molecule has 0 spiro atoms. The average molecular weight is 284 g/mol. The van der Waals surface area contributed by atoms with Gasteiger partial charge in [-0.15, -0.1) is 16.8 Å². The number of nitrogens with one attached hydrogen (secondary N) is 1. The van der Waals surface area contributed by atoms with Crippen LogP contribution in [0.2, 0.25) is 0 Å². The number of aromatic nitrogens is 3. The maximum atomic E-state index is 11.6. The molecule has 0 aromatic carbocycles. The number of rotatable bonds is 9. The van der Waals surface area contributed by atoms with Gasteiger partial charge in [-0.2, -0.15) is 0 Å². The lowest BCUT2D eigenvalue weighted by Gasteiger charge is -2.06. The predicted octanol–water partition coefficient (Wildman–Crippen LogP) is 1.02. The number of hydrogen-bond donors (Lipinski definition) is 1. The largest absolute Gasteiger partial charge is 0.385 e. The van der Waals surface area contributed by atoms with Crippen molar-refractivity contribution in [2.24, 2.45) is 0 Å². The molecule has 1 rings (SSSR count). The van der Waals surface area contributed by atoms with Crippen molar-refractivity contribution in [3.63, 3.8) is 0 Å². The van der Waals surface area contributed by atoms with Crippen molar-refractivity contribution in [3.05, 3.63) is 18.5 Å². The molecule has 106 valence electrons. The first-order valence-electron chi connectivity index (χ1n) is 6.08. The Hall–Kier alpha value is -1.34. The van der Waals surface area contributed by atoms with Gasteiger partial charge in [-0.25, -0.2) is 0 Å². The minimum absolute atomic E-state index is 0.00749. The van der Waals surface area contributed by atoms with Gasteiger partial charge >= 0.3 is 0 Å². The van der Waals surface area contributed by atoms with Gasteiger partial charge in [0, 0.05) is 26.8 Å². The highest BCUT2D eigenvalue weighted by atomic mass is 32.2. The normalized spacial score (nSPS) is 10.4. The summed E-state index contributed by atoms with van der Waals surface area (Å²) in [7, 11) is 1.65. The van der Waals surface area contributed by atoms with Crippen LogP contribution in [-0.2, 0) is 16.1 Å². The summed E-state index contributed by atoms with van der Waals surface area (Å²) in [6, 6.07) is 0. The molecule has 1 heterocycles. The molecule has 0 atom stereocenters. The lowest BCUT2D eigenvalue weighted by Crippen LogP contribution is -2.27. The van der Waals surface area contributed by atoms with Crippen LogP contribution in [0.1, 0.15) is 12.2 Å². The highest BCUT2D eigenvalue weighted by Crippen LogP contribution is 2.16. The zero-order valence-electron chi connectivity index (χ0n) is 11.4. The second-order valence-electron chi connectivity index (χ2n) is 3.91. The number of ether oxygens (including phenoxy) is 1. The van der Waals surface area contributed by atoms with E-state index in [0.717, 1.165) is 17.4 Å². The number of carbonyl (C=O) groups is 1. The minimum atomic E-state index is -0.00749. The van der Waals surface area contributed by atoms with Gasteiger partial charge in [0.25, 0.3) is 0 Å². The lowest BCUT2D eigenvalue weighted by molar-refractivity contribution is -0.118. The first-order valence-corrected chi connectivity index (χ1v) is 7.06. The van der Waals surface area contributed by atoms with Crippen LogP contribution >= 0.6 is 11.8 Å². The van der Waals surface area contributed by atoms with Crippen LogP contribution in [0.4, 0.5) is 0 Å². The van der Waals surface area contributed by atoms with Gasteiger partial charge in [-0.05, 0) is 13.3 Å². The molecule has 7 heteroatoms. The molecule has 1 N–H and O–H groups in total. The van der Waals surface area contributed by atoms with Gasteiger partial charge in [0.15, 0.2) is 5.16 Å². The second-order valence-corrected chi connectivity index (χ2v) is 4.86. The smallest absolute Gasteiger partial charge is 0.230 e. The van der Waals surface area contributed by atoms with Gasteiger partial charge in [0.05, 0.1) is 5.75 Å². The topological polar surface area (TPSA) is 69.0 Å². The quantitative estimate of drug-likeness (QED) is 0.416. The Bertz CT molecular complexity index is 420. The summed E-state index contributed by atoms with van der Waals surface area (Å²) in [5.74, 6) is 1.15. The number of thioether (sulfide) groups is 1. The van der Waals surface area contributed by atoms with Crippen LogP contribution in [0.3, 0.4) is 0 Å². The third kappa shape index (κ3) is 5.44.